The van der Waals surface area contributed by atoms with Crippen LogP contribution in [0.4, 0.5) is 0 Å². The van der Waals surface area contributed by atoms with Gasteiger partial charge in [0, 0.05) is 6.04 Å². The summed E-state index contributed by atoms with van der Waals surface area (Å²) in [7, 11) is 0. The molecule has 0 aromatic rings. The molecule has 0 aromatic heterocycles. The van der Waals surface area contributed by atoms with E-state index >= 15 is 0 Å². The Bertz CT molecular complexity index is 112. The summed E-state index contributed by atoms with van der Waals surface area (Å²) in [6.45, 7) is 6.71. The minimum Gasteiger partial charge on any atom is -0.327 e. The van der Waals surface area contributed by atoms with Gasteiger partial charge in [0.15, 0.2) is 0 Å². The van der Waals surface area contributed by atoms with Gasteiger partial charge in [0.1, 0.15) is 0 Å². The maximum Gasteiger partial charge on any atom is 0.00671 e. The van der Waals surface area contributed by atoms with Crippen molar-refractivity contribution in [1.82, 2.24) is 0 Å². The maximum atomic E-state index is 5.88. The van der Waals surface area contributed by atoms with Gasteiger partial charge in [-0.05, 0) is 37.5 Å². The Labute approximate surface area is 64.0 Å². The predicted molar refractivity (Wildman–Crippen MR) is 44.8 cm³/mol. The minimum absolute atomic E-state index is 0.412. The summed E-state index contributed by atoms with van der Waals surface area (Å²) in [5.41, 5.74) is 6.43. The summed E-state index contributed by atoms with van der Waals surface area (Å²) in [4.78, 5) is 0. The summed E-state index contributed by atoms with van der Waals surface area (Å²) in [5.74, 6) is 0.813. The zero-order chi connectivity index (χ0) is 7.78. The highest BCUT2D eigenvalue weighted by atomic mass is 14.7. The zero-order valence-electron chi connectivity index (χ0n) is 7.35. The van der Waals surface area contributed by atoms with E-state index < -0.39 is 0 Å². The third-order valence-corrected chi connectivity index (χ3v) is 2.67. The van der Waals surface area contributed by atoms with E-state index in [1.807, 2.05) is 0 Å². The first-order chi connectivity index (χ1) is 4.57. The topological polar surface area (TPSA) is 26.0 Å². The summed E-state index contributed by atoms with van der Waals surface area (Å²) in [6, 6.07) is 0.412. The monoisotopic (exact) mass is 141 g/mol. The normalized spacial score (nSPS) is 24.9. The van der Waals surface area contributed by atoms with Crippen LogP contribution in [0.25, 0.3) is 0 Å². The predicted octanol–water partition coefficient (Wildman–Crippen LogP) is 2.16. The van der Waals surface area contributed by atoms with E-state index in [1.54, 1.807) is 0 Å². The highest BCUT2D eigenvalue weighted by Gasteiger charge is 2.45. The van der Waals surface area contributed by atoms with E-state index in [2.05, 4.69) is 20.8 Å². The fourth-order valence-electron chi connectivity index (χ4n) is 1.82. The number of nitrogens with two attached hydrogens (primary N) is 1. The van der Waals surface area contributed by atoms with Crippen molar-refractivity contribution >= 4 is 0 Å². The Morgan fingerprint density at radius 3 is 1.90 bits per heavy atom. The van der Waals surface area contributed by atoms with Crippen LogP contribution in [0.15, 0.2) is 0 Å². The molecular formula is C9H19N. The van der Waals surface area contributed by atoms with Crippen LogP contribution >= 0.6 is 0 Å². The van der Waals surface area contributed by atoms with Crippen LogP contribution in [0.5, 0.6) is 0 Å². The summed E-state index contributed by atoms with van der Waals surface area (Å²) >= 11 is 0. The molecule has 0 radical (unpaired) electrons. The van der Waals surface area contributed by atoms with Crippen molar-refractivity contribution in [2.24, 2.45) is 17.1 Å². The second-order valence-corrected chi connectivity index (χ2v) is 4.25. The molecule has 0 bridgehead atoms. The zero-order valence-corrected chi connectivity index (χ0v) is 7.35. The lowest BCUT2D eigenvalue weighted by molar-refractivity contribution is 0.337. The molecule has 1 saturated carbocycles. The van der Waals surface area contributed by atoms with Crippen molar-refractivity contribution in [2.75, 3.05) is 0 Å². The van der Waals surface area contributed by atoms with Gasteiger partial charge >= 0.3 is 0 Å². The van der Waals surface area contributed by atoms with E-state index in [9.17, 15) is 0 Å². The number of hydrogen-bond donors (Lipinski definition) is 1. The van der Waals surface area contributed by atoms with Gasteiger partial charge in [-0.25, -0.2) is 0 Å². The van der Waals surface area contributed by atoms with Gasteiger partial charge in [0.05, 0.1) is 0 Å². The van der Waals surface area contributed by atoms with Crippen LogP contribution in [-0.2, 0) is 0 Å². The van der Waals surface area contributed by atoms with Crippen LogP contribution in [0, 0.1) is 11.3 Å². The average Bonchev–Trinajstić information content (AvgIpc) is 2.46. The Morgan fingerprint density at radius 2 is 1.80 bits per heavy atom. The van der Waals surface area contributed by atoms with Crippen molar-refractivity contribution in [3.8, 4) is 0 Å². The lowest BCUT2D eigenvalue weighted by atomic mass is 9.89. The van der Waals surface area contributed by atoms with Gasteiger partial charge in [-0.15, -0.1) is 0 Å². The first-order valence-corrected chi connectivity index (χ1v) is 4.32. The van der Waals surface area contributed by atoms with Gasteiger partial charge in [-0.1, -0.05) is 13.8 Å². The lowest BCUT2D eigenvalue weighted by Crippen LogP contribution is -2.29. The van der Waals surface area contributed by atoms with Crippen molar-refractivity contribution in [3.63, 3.8) is 0 Å². The van der Waals surface area contributed by atoms with Crippen molar-refractivity contribution < 1.29 is 0 Å². The van der Waals surface area contributed by atoms with Crippen LogP contribution in [-0.4, -0.2) is 6.04 Å². The Morgan fingerprint density at radius 1 is 1.30 bits per heavy atom. The Balaban J connectivity index is 2.38. The van der Waals surface area contributed by atoms with Crippen LogP contribution in [0.3, 0.4) is 0 Å². The summed E-state index contributed by atoms with van der Waals surface area (Å²) in [5, 5.41) is 0. The van der Waals surface area contributed by atoms with E-state index in [0.717, 1.165) is 5.92 Å². The highest BCUT2D eigenvalue weighted by Crippen LogP contribution is 2.52. The summed E-state index contributed by atoms with van der Waals surface area (Å²) < 4.78 is 0. The van der Waals surface area contributed by atoms with Gasteiger partial charge in [0.25, 0.3) is 0 Å². The molecule has 0 saturated heterocycles. The van der Waals surface area contributed by atoms with E-state index in [4.69, 9.17) is 5.73 Å². The molecule has 0 heterocycles. The van der Waals surface area contributed by atoms with E-state index in [0.29, 0.717) is 11.5 Å². The molecule has 1 aliphatic rings. The molecule has 0 aromatic carbocycles. The molecule has 10 heavy (non-hydrogen) atoms. The van der Waals surface area contributed by atoms with E-state index in [1.165, 1.54) is 19.3 Å². The molecule has 1 aliphatic carbocycles. The standard InChI is InChI=1S/C9H19N/c1-7(2)6-9(4-5-9)8(3)10/h7-8H,4-6,10H2,1-3H3. The quantitative estimate of drug-likeness (QED) is 0.640. The van der Waals surface area contributed by atoms with Gasteiger partial charge in [-0.3, -0.25) is 0 Å². The minimum atomic E-state index is 0.412. The van der Waals surface area contributed by atoms with Crippen LogP contribution < -0.4 is 5.73 Å². The molecule has 60 valence electrons. The summed E-state index contributed by atoms with van der Waals surface area (Å²) in [6.07, 6.45) is 4.05. The van der Waals surface area contributed by atoms with Crippen molar-refractivity contribution in [1.29, 1.82) is 0 Å². The molecule has 0 amide bonds. The molecule has 1 nitrogen and oxygen atoms in total. The second kappa shape index (κ2) is 2.54. The molecule has 1 fully saturated rings. The molecule has 1 atom stereocenters. The lowest BCUT2D eigenvalue weighted by Gasteiger charge is -2.21. The Kier molecular flexibility index (Phi) is 2.04. The third-order valence-electron chi connectivity index (χ3n) is 2.67. The first-order valence-electron chi connectivity index (χ1n) is 4.32. The van der Waals surface area contributed by atoms with Gasteiger partial charge in [-0.2, -0.15) is 0 Å². The van der Waals surface area contributed by atoms with Gasteiger partial charge < -0.3 is 5.73 Å². The van der Waals surface area contributed by atoms with Crippen LogP contribution in [0.1, 0.15) is 40.0 Å². The van der Waals surface area contributed by atoms with Crippen molar-refractivity contribution in [2.45, 2.75) is 46.1 Å². The Hall–Kier alpha value is -0.0400. The molecule has 2 N–H and O–H groups in total. The molecule has 0 aliphatic heterocycles. The molecule has 0 spiro atoms. The molecule has 1 unspecified atom stereocenters. The fraction of sp³-hybridized carbons (Fsp3) is 1.00. The number of hydrogen-bond acceptors (Lipinski definition) is 1. The maximum absolute atomic E-state index is 5.88. The molecule has 1 heteroatoms. The molecular weight excluding hydrogens is 122 g/mol. The molecule has 1 rings (SSSR count). The third kappa shape index (κ3) is 1.51. The smallest absolute Gasteiger partial charge is 0.00671 e. The number of rotatable bonds is 3. The first kappa shape index (κ1) is 8.06. The second-order valence-electron chi connectivity index (χ2n) is 4.25. The fourth-order valence-corrected chi connectivity index (χ4v) is 1.82. The SMILES string of the molecule is CC(C)CC1(C(C)N)CC1. The van der Waals surface area contributed by atoms with E-state index in [-0.39, 0.29) is 0 Å². The van der Waals surface area contributed by atoms with Gasteiger partial charge in [0.2, 0.25) is 0 Å². The van der Waals surface area contributed by atoms with Crippen molar-refractivity contribution in [3.05, 3.63) is 0 Å². The largest absolute Gasteiger partial charge is 0.327 e. The highest BCUT2D eigenvalue weighted by molar-refractivity contribution is 4.99. The van der Waals surface area contributed by atoms with Crippen LogP contribution in [0.2, 0.25) is 0 Å². The average molecular weight is 141 g/mol.